The number of furan rings is 1. The summed E-state index contributed by atoms with van der Waals surface area (Å²) in [7, 11) is 0. The van der Waals surface area contributed by atoms with Gasteiger partial charge >= 0.3 is 0 Å². The predicted molar refractivity (Wildman–Crippen MR) is 104 cm³/mol. The van der Waals surface area contributed by atoms with E-state index in [1.165, 1.54) is 6.07 Å². The number of nitrogens with one attached hydrogen (secondary N) is 2. The van der Waals surface area contributed by atoms with Crippen molar-refractivity contribution in [3.63, 3.8) is 0 Å². The Morgan fingerprint density at radius 3 is 2.86 bits per heavy atom. The van der Waals surface area contributed by atoms with E-state index in [4.69, 9.17) is 9.15 Å². The highest BCUT2D eigenvalue weighted by Crippen LogP contribution is 2.25. The lowest BCUT2D eigenvalue weighted by Crippen LogP contribution is -2.42. The molecule has 28 heavy (non-hydrogen) atoms. The second kappa shape index (κ2) is 8.68. The molecule has 0 bridgehead atoms. The van der Waals surface area contributed by atoms with Crippen LogP contribution in [0.4, 0.5) is 4.39 Å². The topological polar surface area (TPSA) is 66.3 Å². The molecule has 2 N–H and O–H groups in total. The molecular weight excluding hydrogens is 359 g/mol. The molecule has 1 unspecified atom stereocenters. The van der Waals surface area contributed by atoms with Crippen molar-refractivity contribution in [2.24, 2.45) is 0 Å². The number of nitrogens with zero attached hydrogens (tertiary/aromatic N) is 2. The summed E-state index contributed by atoms with van der Waals surface area (Å²) in [6, 6.07) is 10.8. The van der Waals surface area contributed by atoms with Gasteiger partial charge in [-0.25, -0.2) is 4.39 Å². The molecule has 0 aliphatic carbocycles. The molecule has 0 spiro atoms. The smallest absolute Gasteiger partial charge is 0.152 e. The lowest BCUT2D eigenvalue weighted by Gasteiger charge is -2.35. The minimum Gasteiger partial charge on any atom is -0.460 e. The van der Waals surface area contributed by atoms with Gasteiger partial charge in [-0.3, -0.25) is 10.00 Å². The second-order valence-corrected chi connectivity index (χ2v) is 7.03. The molecule has 1 aliphatic heterocycles. The zero-order chi connectivity index (χ0) is 19.3. The van der Waals surface area contributed by atoms with Crippen LogP contribution in [-0.4, -0.2) is 47.9 Å². The van der Waals surface area contributed by atoms with E-state index in [-0.39, 0.29) is 11.9 Å². The summed E-state index contributed by atoms with van der Waals surface area (Å²) in [5, 5.41) is 10.7. The van der Waals surface area contributed by atoms with Gasteiger partial charge in [0.15, 0.2) is 5.76 Å². The van der Waals surface area contributed by atoms with Gasteiger partial charge in [-0.1, -0.05) is 12.1 Å². The molecule has 0 radical (unpaired) electrons. The minimum atomic E-state index is -0.207. The largest absolute Gasteiger partial charge is 0.460 e. The molecule has 1 saturated heterocycles. The van der Waals surface area contributed by atoms with Crippen LogP contribution in [0.1, 0.15) is 22.9 Å². The fourth-order valence-electron chi connectivity index (χ4n) is 3.63. The Hall–Kier alpha value is -2.48. The van der Waals surface area contributed by atoms with E-state index in [9.17, 15) is 4.39 Å². The van der Waals surface area contributed by atoms with Crippen LogP contribution in [0.5, 0.6) is 0 Å². The SMILES string of the molecule is Cc1ccc(-c2[nH]ncc2CNCC(c2cccc(F)c2)N2CCOCC2)o1. The van der Waals surface area contributed by atoms with Crippen molar-refractivity contribution in [1.29, 1.82) is 0 Å². The van der Waals surface area contributed by atoms with Crippen molar-refractivity contribution in [2.45, 2.75) is 19.5 Å². The summed E-state index contributed by atoms with van der Waals surface area (Å²) in [4.78, 5) is 2.34. The number of hydrogen-bond donors (Lipinski definition) is 2. The van der Waals surface area contributed by atoms with Crippen LogP contribution in [0, 0.1) is 12.7 Å². The highest BCUT2D eigenvalue weighted by atomic mass is 19.1. The number of aryl methyl sites for hydroxylation is 1. The van der Waals surface area contributed by atoms with E-state index in [0.717, 1.165) is 41.4 Å². The Balaban J connectivity index is 1.46. The maximum atomic E-state index is 13.8. The van der Waals surface area contributed by atoms with Crippen molar-refractivity contribution in [3.8, 4) is 11.5 Å². The summed E-state index contributed by atoms with van der Waals surface area (Å²) < 4.78 is 25.0. The van der Waals surface area contributed by atoms with Gasteiger partial charge < -0.3 is 14.5 Å². The Morgan fingerprint density at radius 1 is 1.25 bits per heavy atom. The number of morpholine rings is 1. The van der Waals surface area contributed by atoms with Crippen molar-refractivity contribution in [1.82, 2.24) is 20.4 Å². The molecule has 0 amide bonds. The summed E-state index contributed by atoms with van der Waals surface area (Å²) >= 11 is 0. The molecule has 3 aromatic rings. The number of rotatable bonds is 7. The summed E-state index contributed by atoms with van der Waals surface area (Å²) in [6.45, 7) is 6.35. The number of hydrogen-bond acceptors (Lipinski definition) is 5. The molecule has 3 heterocycles. The highest BCUT2D eigenvalue weighted by molar-refractivity contribution is 5.56. The van der Waals surface area contributed by atoms with E-state index in [1.54, 1.807) is 12.1 Å². The zero-order valence-corrected chi connectivity index (χ0v) is 16.0. The first-order valence-electron chi connectivity index (χ1n) is 9.58. The van der Waals surface area contributed by atoms with E-state index in [2.05, 4.69) is 20.4 Å². The molecule has 0 saturated carbocycles. The summed E-state index contributed by atoms with van der Waals surface area (Å²) in [6.07, 6.45) is 1.81. The molecule has 4 rings (SSSR count). The van der Waals surface area contributed by atoms with Crippen molar-refractivity contribution >= 4 is 0 Å². The van der Waals surface area contributed by atoms with Gasteiger partial charge in [0.2, 0.25) is 0 Å². The number of ether oxygens (including phenoxy) is 1. The first-order valence-corrected chi connectivity index (χ1v) is 9.58. The van der Waals surface area contributed by atoms with Gasteiger partial charge in [0.25, 0.3) is 0 Å². The van der Waals surface area contributed by atoms with Crippen LogP contribution in [0.25, 0.3) is 11.5 Å². The van der Waals surface area contributed by atoms with Gasteiger partial charge in [-0.2, -0.15) is 5.10 Å². The Morgan fingerprint density at radius 2 is 2.11 bits per heavy atom. The van der Waals surface area contributed by atoms with E-state index in [1.807, 2.05) is 31.3 Å². The van der Waals surface area contributed by atoms with Crippen molar-refractivity contribution in [2.75, 3.05) is 32.8 Å². The van der Waals surface area contributed by atoms with Crippen LogP contribution in [0.15, 0.2) is 47.0 Å². The minimum absolute atomic E-state index is 0.0841. The van der Waals surface area contributed by atoms with Crippen molar-refractivity contribution in [3.05, 3.63) is 65.3 Å². The van der Waals surface area contributed by atoms with Gasteiger partial charge in [0.1, 0.15) is 17.3 Å². The molecule has 1 aromatic carbocycles. The van der Waals surface area contributed by atoms with E-state index in [0.29, 0.717) is 26.3 Å². The number of benzene rings is 1. The predicted octanol–water partition coefficient (Wildman–Crippen LogP) is 3.28. The van der Waals surface area contributed by atoms with Crippen LogP contribution in [0.3, 0.4) is 0 Å². The van der Waals surface area contributed by atoms with Gasteiger partial charge in [0.05, 0.1) is 19.4 Å². The average Bonchev–Trinajstić information content (AvgIpc) is 3.34. The molecule has 148 valence electrons. The number of halogens is 1. The lowest BCUT2D eigenvalue weighted by atomic mass is 10.0. The zero-order valence-electron chi connectivity index (χ0n) is 16.0. The highest BCUT2D eigenvalue weighted by Gasteiger charge is 2.23. The molecule has 7 heteroatoms. The normalized spacial score (nSPS) is 16.4. The standard InChI is InChI=1S/C21H25FN4O2/c1-15-5-6-20(28-15)21-17(13-24-25-21)12-23-14-19(26-7-9-27-10-8-26)16-3-2-4-18(22)11-16/h2-6,11,13,19,23H,7-10,12,14H2,1H3,(H,24,25). The quantitative estimate of drug-likeness (QED) is 0.654. The Bertz CT molecular complexity index is 901. The fraction of sp³-hybridized carbons (Fsp3) is 0.381. The molecule has 2 aromatic heterocycles. The average molecular weight is 384 g/mol. The number of aromatic nitrogens is 2. The van der Waals surface area contributed by atoms with Crippen LogP contribution in [-0.2, 0) is 11.3 Å². The van der Waals surface area contributed by atoms with Crippen LogP contribution >= 0.6 is 0 Å². The number of H-pyrrole nitrogens is 1. The molecule has 1 aliphatic rings. The van der Waals surface area contributed by atoms with Gasteiger partial charge in [0, 0.05) is 37.8 Å². The third-order valence-corrected chi connectivity index (χ3v) is 5.08. The molecule has 1 atom stereocenters. The second-order valence-electron chi connectivity index (χ2n) is 7.03. The monoisotopic (exact) mass is 384 g/mol. The van der Waals surface area contributed by atoms with Gasteiger partial charge in [-0.15, -0.1) is 0 Å². The maximum absolute atomic E-state index is 13.8. The maximum Gasteiger partial charge on any atom is 0.152 e. The van der Waals surface area contributed by atoms with E-state index < -0.39 is 0 Å². The third kappa shape index (κ3) is 4.32. The molecule has 6 nitrogen and oxygen atoms in total. The summed E-state index contributed by atoms with van der Waals surface area (Å²) in [5.41, 5.74) is 2.90. The van der Waals surface area contributed by atoms with Crippen LogP contribution < -0.4 is 5.32 Å². The first-order chi connectivity index (χ1) is 13.7. The molecule has 1 fully saturated rings. The van der Waals surface area contributed by atoms with E-state index >= 15 is 0 Å². The van der Waals surface area contributed by atoms with Gasteiger partial charge in [-0.05, 0) is 36.8 Å². The Labute approximate surface area is 163 Å². The lowest BCUT2D eigenvalue weighted by molar-refractivity contribution is 0.0160. The van der Waals surface area contributed by atoms with Crippen molar-refractivity contribution < 1.29 is 13.5 Å². The van der Waals surface area contributed by atoms with Crippen LogP contribution in [0.2, 0.25) is 0 Å². The number of aromatic amines is 1. The Kier molecular flexibility index (Phi) is 5.85. The third-order valence-electron chi connectivity index (χ3n) is 5.08. The summed E-state index contributed by atoms with van der Waals surface area (Å²) in [5.74, 6) is 1.43. The first kappa shape index (κ1) is 18.9. The fourth-order valence-corrected chi connectivity index (χ4v) is 3.63. The molecular formula is C21H25FN4O2.